The molecule has 3 rings (SSSR count). The number of rotatable bonds is 6. The second-order valence-corrected chi connectivity index (χ2v) is 7.10. The predicted molar refractivity (Wildman–Crippen MR) is 96.6 cm³/mol. The van der Waals surface area contributed by atoms with Gasteiger partial charge in [-0.3, -0.25) is 9.69 Å². The number of benzene rings is 1. The third-order valence-electron chi connectivity index (χ3n) is 4.86. The summed E-state index contributed by atoms with van der Waals surface area (Å²) >= 11 is 0. The van der Waals surface area contributed by atoms with Crippen molar-refractivity contribution in [2.45, 2.75) is 31.5 Å². The number of nitrogens with zero attached hydrogens (tertiary/aromatic N) is 1. The molecular weight excluding hydrogens is 336 g/mol. The molecule has 1 N–H and O–H groups in total. The van der Waals surface area contributed by atoms with Crippen molar-refractivity contribution in [1.82, 2.24) is 10.2 Å². The Bertz CT molecular complexity index is 616. The molecule has 26 heavy (non-hydrogen) atoms. The zero-order valence-electron chi connectivity index (χ0n) is 15.7. The fourth-order valence-electron chi connectivity index (χ4n) is 3.32. The van der Waals surface area contributed by atoms with Crippen molar-refractivity contribution in [3.05, 3.63) is 24.3 Å². The molecule has 2 atom stereocenters. The predicted octanol–water partition coefficient (Wildman–Crippen LogP) is 1.07. The molecule has 0 aliphatic carbocycles. The van der Waals surface area contributed by atoms with E-state index in [0.29, 0.717) is 24.7 Å². The summed E-state index contributed by atoms with van der Waals surface area (Å²) in [6, 6.07) is 7.43. The molecule has 2 aliphatic rings. The summed E-state index contributed by atoms with van der Waals surface area (Å²) in [5, 5.41) is 3.11. The molecular formula is C19H28N2O5. The van der Waals surface area contributed by atoms with Crippen LogP contribution in [0.3, 0.4) is 0 Å². The van der Waals surface area contributed by atoms with E-state index in [1.54, 1.807) is 27.0 Å². The topological polar surface area (TPSA) is 69.3 Å². The lowest BCUT2D eigenvalue weighted by molar-refractivity contribution is -0.135. The minimum absolute atomic E-state index is 0.0545. The molecule has 0 saturated carbocycles. The highest BCUT2D eigenvalue weighted by atomic mass is 16.5. The number of morpholine rings is 1. The molecule has 1 amide bonds. The highest BCUT2D eigenvalue weighted by Gasteiger charge is 2.39. The number of amides is 1. The number of nitrogens with one attached hydrogen (secondary N) is 1. The van der Waals surface area contributed by atoms with Crippen LogP contribution in [0.1, 0.15) is 13.8 Å². The molecule has 0 spiro atoms. The van der Waals surface area contributed by atoms with Gasteiger partial charge in [0.1, 0.15) is 0 Å². The minimum Gasteiger partial charge on any atom is -0.493 e. The molecule has 1 aromatic rings. The maximum atomic E-state index is 12.9. The van der Waals surface area contributed by atoms with Crippen LogP contribution < -0.4 is 14.8 Å². The third kappa shape index (κ3) is 4.28. The van der Waals surface area contributed by atoms with Gasteiger partial charge in [0.25, 0.3) is 5.91 Å². The Morgan fingerprint density at radius 2 is 1.85 bits per heavy atom. The average molecular weight is 364 g/mol. The van der Waals surface area contributed by atoms with E-state index in [1.807, 2.05) is 18.2 Å². The summed E-state index contributed by atoms with van der Waals surface area (Å²) in [7, 11) is 1.58. The van der Waals surface area contributed by atoms with Gasteiger partial charge in [-0.2, -0.15) is 0 Å². The number of carbonyl (C=O) groups excluding carboxylic acids is 1. The molecule has 2 heterocycles. The van der Waals surface area contributed by atoms with Gasteiger partial charge in [-0.25, -0.2) is 0 Å². The Kier molecular flexibility index (Phi) is 6.01. The van der Waals surface area contributed by atoms with E-state index in [2.05, 4.69) is 10.2 Å². The van der Waals surface area contributed by atoms with E-state index in [4.69, 9.17) is 18.9 Å². The number of hydrogen-bond acceptors (Lipinski definition) is 6. The van der Waals surface area contributed by atoms with Crippen molar-refractivity contribution < 1.29 is 23.7 Å². The Morgan fingerprint density at radius 3 is 2.54 bits per heavy atom. The monoisotopic (exact) mass is 364 g/mol. The van der Waals surface area contributed by atoms with Crippen molar-refractivity contribution >= 4 is 5.91 Å². The fraction of sp³-hybridized carbons (Fsp3) is 0.632. The maximum absolute atomic E-state index is 12.9. The van der Waals surface area contributed by atoms with Gasteiger partial charge in [0.15, 0.2) is 17.1 Å². The highest BCUT2D eigenvalue weighted by molar-refractivity contribution is 5.85. The quantitative estimate of drug-likeness (QED) is 0.814. The largest absolute Gasteiger partial charge is 0.493 e. The standard InChI is InChI=1S/C19H28N2O5/c1-19(2,26-17-7-5-4-6-16(17)23-3)18(22)20-14-12-25-13-15(14)21-8-10-24-11-9-21/h4-7,14-15H,8-13H2,1-3H3,(H,20,22). The molecule has 1 aromatic carbocycles. The van der Waals surface area contributed by atoms with E-state index in [-0.39, 0.29) is 18.0 Å². The molecule has 0 aromatic heterocycles. The van der Waals surface area contributed by atoms with Crippen LogP contribution in [0.2, 0.25) is 0 Å². The normalized spacial score (nSPS) is 24.3. The van der Waals surface area contributed by atoms with Gasteiger partial charge in [0.05, 0.1) is 45.6 Å². The second kappa shape index (κ2) is 8.24. The van der Waals surface area contributed by atoms with E-state index in [1.165, 1.54) is 0 Å². The van der Waals surface area contributed by atoms with E-state index < -0.39 is 5.60 Å². The van der Waals surface area contributed by atoms with Crippen LogP contribution in [-0.4, -0.2) is 75.1 Å². The number of hydrogen-bond donors (Lipinski definition) is 1. The van der Waals surface area contributed by atoms with Crippen molar-refractivity contribution in [3.63, 3.8) is 0 Å². The summed E-state index contributed by atoms with van der Waals surface area (Å²) in [5.41, 5.74) is -1.03. The Balaban J connectivity index is 1.63. The molecule has 0 bridgehead atoms. The first-order valence-corrected chi connectivity index (χ1v) is 9.04. The summed E-state index contributed by atoms with van der Waals surface area (Å²) in [5.74, 6) is 0.975. The van der Waals surface area contributed by atoms with E-state index in [9.17, 15) is 4.79 Å². The summed E-state index contributed by atoms with van der Waals surface area (Å²) in [6.07, 6.45) is 0. The first kappa shape index (κ1) is 18.9. The SMILES string of the molecule is COc1ccccc1OC(C)(C)C(=O)NC1COCC1N1CCOCC1. The van der Waals surface area contributed by atoms with Gasteiger partial charge in [-0.15, -0.1) is 0 Å². The first-order valence-electron chi connectivity index (χ1n) is 9.04. The molecule has 0 radical (unpaired) electrons. The third-order valence-corrected chi connectivity index (χ3v) is 4.86. The zero-order valence-corrected chi connectivity index (χ0v) is 15.7. The fourth-order valence-corrected chi connectivity index (χ4v) is 3.32. The molecule has 7 nitrogen and oxygen atoms in total. The molecule has 144 valence electrons. The van der Waals surface area contributed by atoms with Crippen LogP contribution in [-0.2, 0) is 14.3 Å². The average Bonchev–Trinajstić information content (AvgIpc) is 3.10. The Morgan fingerprint density at radius 1 is 1.15 bits per heavy atom. The van der Waals surface area contributed by atoms with Crippen LogP contribution in [0.5, 0.6) is 11.5 Å². The van der Waals surface area contributed by atoms with E-state index >= 15 is 0 Å². The molecule has 7 heteroatoms. The lowest BCUT2D eigenvalue weighted by Crippen LogP contribution is -2.58. The molecule has 2 aliphatic heterocycles. The molecule has 2 saturated heterocycles. The van der Waals surface area contributed by atoms with Gasteiger partial charge >= 0.3 is 0 Å². The number of ether oxygens (including phenoxy) is 4. The Hall–Kier alpha value is -1.83. The summed E-state index contributed by atoms with van der Waals surface area (Å²) < 4.78 is 22.3. The lowest BCUT2D eigenvalue weighted by Gasteiger charge is -2.35. The van der Waals surface area contributed by atoms with E-state index in [0.717, 1.165) is 26.3 Å². The Labute approximate surface area is 154 Å². The van der Waals surface area contributed by atoms with Crippen LogP contribution in [0, 0.1) is 0 Å². The van der Waals surface area contributed by atoms with Crippen molar-refractivity contribution in [2.24, 2.45) is 0 Å². The van der Waals surface area contributed by atoms with Gasteiger partial charge < -0.3 is 24.3 Å². The zero-order chi connectivity index (χ0) is 18.6. The van der Waals surface area contributed by atoms with Crippen molar-refractivity contribution in [1.29, 1.82) is 0 Å². The van der Waals surface area contributed by atoms with Crippen LogP contribution in [0.4, 0.5) is 0 Å². The van der Waals surface area contributed by atoms with Crippen molar-refractivity contribution in [2.75, 3.05) is 46.6 Å². The number of methoxy groups -OCH3 is 1. The molecule has 2 unspecified atom stereocenters. The maximum Gasteiger partial charge on any atom is 0.263 e. The highest BCUT2D eigenvalue weighted by Crippen LogP contribution is 2.29. The number of carbonyl (C=O) groups is 1. The van der Waals surface area contributed by atoms with Crippen LogP contribution >= 0.6 is 0 Å². The smallest absolute Gasteiger partial charge is 0.263 e. The summed E-state index contributed by atoms with van der Waals surface area (Å²) in [4.78, 5) is 15.2. The van der Waals surface area contributed by atoms with Gasteiger partial charge in [0.2, 0.25) is 0 Å². The van der Waals surface area contributed by atoms with Gasteiger partial charge in [-0.05, 0) is 26.0 Å². The minimum atomic E-state index is -1.03. The molecule has 2 fully saturated rings. The van der Waals surface area contributed by atoms with Crippen LogP contribution in [0.25, 0.3) is 0 Å². The van der Waals surface area contributed by atoms with Gasteiger partial charge in [0, 0.05) is 13.1 Å². The number of para-hydroxylation sites is 2. The van der Waals surface area contributed by atoms with Crippen LogP contribution in [0.15, 0.2) is 24.3 Å². The second-order valence-electron chi connectivity index (χ2n) is 7.10. The lowest BCUT2D eigenvalue weighted by atomic mass is 10.1. The summed E-state index contributed by atoms with van der Waals surface area (Å²) in [6.45, 7) is 7.82. The first-order chi connectivity index (χ1) is 12.5. The van der Waals surface area contributed by atoms with Gasteiger partial charge in [-0.1, -0.05) is 12.1 Å². The van der Waals surface area contributed by atoms with Crippen molar-refractivity contribution in [3.8, 4) is 11.5 Å².